The summed E-state index contributed by atoms with van der Waals surface area (Å²) in [7, 11) is 0. The maximum atomic E-state index is 11.7. The number of amides is 1. The van der Waals surface area contributed by atoms with Gasteiger partial charge in [-0.1, -0.05) is 0 Å². The quantitative estimate of drug-likeness (QED) is 0.883. The minimum Gasteiger partial charge on any atom is -0.378 e. The predicted octanol–water partition coefficient (Wildman–Crippen LogP) is 1.47. The molecule has 102 valence electrons. The summed E-state index contributed by atoms with van der Waals surface area (Å²) in [5, 5.41) is 6.20. The summed E-state index contributed by atoms with van der Waals surface area (Å²) in [4.78, 5) is 14.2. The molecule has 0 radical (unpaired) electrons. The van der Waals surface area contributed by atoms with Crippen molar-refractivity contribution in [3.05, 3.63) is 21.9 Å². The number of aryl methyl sites for hydroxylation is 1. The Hall–Kier alpha value is -0.620. The number of halogens is 1. The Morgan fingerprint density at radius 1 is 1.61 bits per heavy atom. The van der Waals surface area contributed by atoms with Gasteiger partial charge in [0, 0.05) is 28.8 Å². The van der Waals surface area contributed by atoms with Crippen LogP contribution in [-0.4, -0.2) is 31.7 Å². The van der Waals surface area contributed by atoms with Crippen molar-refractivity contribution in [3.63, 3.8) is 0 Å². The van der Waals surface area contributed by atoms with Crippen molar-refractivity contribution >= 4 is 29.7 Å². The molecule has 1 fully saturated rings. The highest BCUT2D eigenvalue weighted by atomic mass is 35.5. The molecule has 1 amide bonds. The Kier molecular flexibility index (Phi) is 6.63. The van der Waals surface area contributed by atoms with Crippen molar-refractivity contribution in [2.75, 3.05) is 19.8 Å². The molecule has 0 aliphatic carbocycles. The summed E-state index contributed by atoms with van der Waals surface area (Å²) in [6, 6.07) is 4.29. The lowest BCUT2D eigenvalue weighted by Crippen LogP contribution is -2.44. The van der Waals surface area contributed by atoms with E-state index in [-0.39, 0.29) is 24.4 Å². The molecule has 1 saturated heterocycles. The molecule has 2 heterocycles. The summed E-state index contributed by atoms with van der Waals surface area (Å²) in [5.41, 5.74) is 0. The first kappa shape index (κ1) is 15.4. The molecule has 1 aromatic heterocycles. The van der Waals surface area contributed by atoms with Gasteiger partial charge in [-0.2, -0.15) is 0 Å². The lowest BCUT2D eigenvalue weighted by atomic mass is 10.2. The molecule has 6 heteroatoms. The van der Waals surface area contributed by atoms with E-state index in [1.54, 1.807) is 11.3 Å². The summed E-state index contributed by atoms with van der Waals surface area (Å²) >= 11 is 1.72. The zero-order valence-electron chi connectivity index (χ0n) is 10.4. The van der Waals surface area contributed by atoms with Crippen LogP contribution < -0.4 is 10.6 Å². The Balaban J connectivity index is 0.00000162. The van der Waals surface area contributed by atoms with Gasteiger partial charge in [0.25, 0.3) is 0 Å². The van der Waals surface area contributed by atoms with Crippen LogP contribution in [0.25, 0.3) is 0 Å². The van der Waals surface area contributed by atoms with Gasteiger partial charge in [0.2, 0.25) is 5.91 Å². The second-order valence-electron chi connectivity index (χ2n) is 4.22. The van der Waals surface area contributed by atoms with E-state index < -0.39 is 0 Å². The predicted molar refractivity (Wildman–Crippen MR) is 75.4 cm³/mol. The summed E-state index contributed by atoms with van der Waals surface area (Å²) in [6.07, 6.45) is 0.490. The lowest BCUT2D eigenvalue weighted by molar-refractivity contribution is -0.122. The van der Waals surface area contributed by atoms with Gasteiger partial charge >= 0.3 is 0 Å². The molecule has 4 nitrogen and oxygen atoms in total. The zero-order valence-corrected chi connectivity index (χ0v) is 12.0. The van der Waals surface area contributed by atoms with E-state index in [9.17, 15) is 4.79 Å². The first-order valence-electron chi connectivity index (χ1n) is 5.87. The van der Waals surface area contributed by atoms with Gasteiger partial charge in [-0.05, 0) is 19.1 Å². The summed E-state index contributed by atoms with van der Waals surface area (Å²) in [6.45, 7) is 4.91. The van der Waals surface area contributed by atoms with Crippen LogP contribution >= 0.6 is 23.7 Å². The Morgan fingerprint density at radius 3 is 3.06 bits per heavy atom. The minimum absolute atomic E-state index is 0. The van der Waals surface area contributed by atoms with E-state index >= 15 is 0 Å². The third-order valence-electron chi connectivity index (χ3n) is 2.69. The van der Waals surface area contributed by atoms with E-state index in [2.05, 4.69) is 29.7 Å². The SMILES string of the molecule is Cc1ccc(CNC(=O)CC2COCCN2)s1.Cl. The number of carbonyl (C=O) groups excluding carboxylic acids is 1. The highest BCUT2D eigenvalue weighted by Gasteiger charge is 2.16. The molecule has 1 aliphatic heterocycles. The maximum absolute atomic E-state index is 11.7. The fraction of sp³-hybridized carbons (Fsp3) is 0.583. The Bertz CT molecular complexity index is 378. The first-order chi connectivity index (χ1) is 8.24. The topological polar surface area (TPSA) is 50.4 Å². The van der Waals surface area contributed by atoms with Crippen LogP contribution in [0.1, 0.15) is 16.2 Å². The third kappa shape index (κ3) is 4.94. The fourth-order valence-corrected chi connectivity index (χ4v) is 2.64. The van der Waals surface area contributed by atoms with Crippen LogP contribution in [0, 0.1) is 6.92 Å². The minimum atomic E-state index is 0. The molecule has 0 bridgehead atoms. The van der Waals surface area contributed by atoms with Gasteiger partial charge in [-0.3, -0.25) is 4.79 Å². The van der Waals surface area contributed by atoms with Gasteiger partial charge in [-0.15, -0.1) is 23.7 Å². The van der Waals surface area contributed by atoms with E-state index in [1.165, 1.54) is 9.75 Å². The van der Waals surface area contributed by atoms with Gasteiger partial charge in [0.1, 0.15) is 0 Å². The van der Waals surface area contributed by atoms with Crippen LogP contribution in [0.5, 0.6) is 0 Å². The first-order valence-corrected chi connectivity index (χ1v) is 6.69. The summed E-state index contributed by atoms with van der Waals surface area (Å²) in [5.74, 6) is 0.0825. The monoisotopic (exact) mass is 290 g/mol. The van der Waals surface area contributed by atoms with Crippen molar-refractivity contribution in [2.45, 2.75) is 25.9 Å². The molecule has 0 aromatic carbocycles. The van der Waals surface area contributed by atoms with Crippen molar-refractivity contribution in [1.82, 2.24) is 10.6 Å². The van der Waals surface area contributed by atoms with Gasteiger partial charge < -0.3 is 15.4 Å². The van der Waals surface area contributed by atoms with Crippen LogP contribution in [0.2, 0.25) is 0 Å². The average Bonchev–Trinajstić information content (AvgIpc) is 2.74. The Morgan fingerprint density at radius 2 is 2.44 bits per heavy atom. The number of hydrogen-bond donors (Lipinski definition) is 2. The van der Waals surface area contributed by atoms with Crippen molar-refractivity contribution in [2.24, 2.45) is 0 Å². The number of ether oxygens (including phenoxy) is 1. The van der Waals surface area contributed by atoms with E-state index in [1.807, 2.05) is 0 Å². The molecular weight excluding hydrogens is 272 g/mol. The molecule has 1 aliphatic rings. The molecular formula is C12H19ClN2O2S. The number of carbonyl (C=O) groups is 1. The number of thiophene rings is 1. The van der Waals surface area contributed by atoms with Crippen LogP contribution in [0.4, 0.5) is 0 Å². The fourth-order valence-electron chi connectivity index (χ4n) is 1.81. The van der Waals surface area contributed by atoms with Gasteiger partial charge in [-0.25, -0.2) is 0 Å². The second kappa shape index (κ2) is 7.74. The normalized spacial score (nSPS) is 19.1. The summed E-state index contributed by atoms with van der Waals surface area (Å²) < 4.78 is 5.31. The molecule has 1 atom stereocenters. The van der Waals surface area contributed by atoms with Crippen molar-refractivity contribution in [1.29, 1.82) is 0 Å². The van der Waals surface area contributed by atoms with Crippen molar-refractivity contribution in [3.8, 4) is 0 Å². The molecule has 1 unspecified atom stereocenters. The van der Waals surface area contributed by atoms with Crippen molar-refractivity contribution < 1.29 is 9.53 Å². The molecule has 0 saturated carbocycles. The maximum Gasteiger partial charge on any atom is 0.221 e. The molecule has 18 heavy (non-hydrogen) atoms. The van der Waals surface area contributed by atoms with E-state index in [0.29, 0.717) is 19.6 Å². The lowest BCUT2D eigenvalue weighted by Gasteiger charge is -2.23. The standard InChI is InChI=1S/C12H18N2O2S.ClH/c1-9-2-3-11(17-9)7-14-12(15)6-10-8-16-5-4-13-10;/h2-3,10,13H,4-8H2,1H3,(H,14,15);1H. The molecule has 2 rings (SSSR count). The zero-order chi connectivity index (χ0) is 12.1. The number of rotatable bonds is 4. The van der Waals surface area contributed by atoms with Gasteiger partial charge in [0.15, 0.2) is 0 Å². The average molecular weight is 291 g/mol. The number of morpholine rings is 1. The van der Waals surface area contributed by atoms with Crippen LogP contribution in [0.15, 0.2) is 12.1 Å². The smallest absolute Gasteiger partial charge is 0.221 e. The molecule has 2 N–H and O–H groups in total. The second-order valence-corrected chi connectivity index (χ2v) is 5.59. The number of hydrogen-bond acceptors (Lipinski definition) is 4. The number of nitrogens with one attached hydrogen (secondary N) is 2. The largest absolute Gasteiger partial charge is 0.378 e. The Labute approximate surface area is 118 Å². The molecule has 0 spiro atoms. The van der Waals surface area contributed by atoms with Gasteiger partial charge in [0.05, 0.1) is 19.8 Å². The van der Waals surface area contributed by atoms with Crippen LogP contribution in [-0.2, 0) is 16.1 Å². The third-order valence-corrected chi connectivity index (χ3v) is 3.69. The highest BCUT2D eigenvalue weighted by molar-refractivity contribution is 7.11. The van der Waals surface area contributed by atoms with E-state index in [4.69, 9.17) is 4.74 Å². The molecule has 1 aromatic rings. The highest BCUT2D eigenvalue weighted by Crippen LogP contribution is 2.14. The van der Waals surface area contributed by atoms with E-state index in [0.717, 1.165) is 13.2 Å². The van der Waals surface area contributed by atoms with Crippen LogP contribution in [0.3, 0.4) is 0 Å².